The minimum atomic E-state index is 0.573. The number of halogens is 1. The summed E-state index contributed by atoms with van der Waals surface area (Å²) >= 11 is 5.72. The lowest BCUT2D eigenvalue weighted by Crippen LogP contribution is -2.23. The quantitative estimate of drug-likeness (QED) is 0.556. The average Bonchev–Trinajstić information content (AvgIpc) is 2.29. The van der Waals surface area contributed by atoms with Crippen LogP contribution in [-0.4, -0.2) is 19.0 Å². The monoisotopic (exact) mass is 225 g/mol. The van der Waals surface area contributed by atoms with Crippen LogP contribution in [0.3, 0.4) is 0 Å². The SMILES string of the molecule is CC(CCl)CNCCCc1ccccc1. The Bertz CT molecular complexity index is 248. The second-order valence-electron chi connectivity index (χ2n) is 4.05. The van der Waals surface area contributed by atoms with Gasteiger partial charge in [0.05, 0.1) is 0 Å². The minimum Gasteiger partial charge on any atom is -0.316 e. The largest absolute Gasteiger partial charge is 0.316 e. The highest BCUT2D eigenvalue weighted by Gasteiger charge is 1.98. The van der Waals surface area contributed by atoms with Crippen molar-refractivity contribution < 1.29 is 0 Å². The van der Waals surface area contributed by atoms with E-state index in [0.717, 1.165) is 25.4 Å². The zero-order valence-corrected chi connectivity index (χ0v) is 10.1. The van der Waals surface area contributed by atoms with E-state index in [0.29, 0.717) is 5.92 Å². The number of rotatable bonds is 7. The van der Waals surface area contributed by atoms with Crippen LogP contribution >= 0.6 is 11.6 Å². The molecule has 0 aliphatic heterocycles. The summed E-state index contributed by atoms with van der Waals surface area (Å²) in [6, 6.07) is 10.6. The zero-order chi connectivity index (χ0) is 10.9. The molecule has 1 N–H and O–H groups in total. The second-order valence-corrected chi connectivity index (χ2v) is 4.36. The third kappa shape index (κ3) is 5.81. The third-order valence-corrected chi connectivity index (χ3v) is 2.94. The predicted octanol–water partition coefficient (Wildman–Crippen LogP) is 3.08. The van der Waals surface area contributed by atoms with Crippen LogP contribution < -0.4 is 5.32 Å². The third-order valence-electron chi connectivity index (χ3n) is 2.42. The first-order valence-electron chi connectivity index (χ1n) is 5.63. The van der Waals surface area contributed by atoms with Crippen molar-refractivity contribution in [1.82, 2.24) is 5.32 Å². The number of aryl methyl sites for hydroxylation is 1. The summed E-state index contributed by atoms with van der Waals surface area (Å²) in [6.07, 6.45) is 2.35. The van der Waals surface area contributed by atoms with Crippen LogP contribution in [0.15, 0.2) is 30.3 Å². The molecule has 0 aliphatic carbocycles. The molecule has 1 aromatic carbocycles. The second kappa shape index (κ2) is 7.72. The van der Waals surface area contributed by atoms with E-state index in [2.05, 4.69) is 42.6 Å². The Balaban J connectivity index is 2.03. The molecule has 2 heteroatoms. The van der Waals surface area contributed by atoms with Gasteiger partial charge in [-0.3, -0.25) is 0 Å². The first-order valence-corrected chi connectivity index (χ1v) is 6.17. The van der Waals surface area contributed by atoms with Crippen LogP contribution in [0.25, 0.3) is 0 Å². The van der Waals surface area contributed by atoms with Crippen LogP contribution in [0, 0.1) is 5.92 Å². The summed E-state index contributed by atoms with van der Waals surface area (Å²) in [7, 11) is 0. The summed E-state index contributed by atoms with van der Waals surface area (Å²) < 4.78 is 0. The molecule has 0 spiro atoms. The van der Waals surface area contributed by atoms with Gasteiger partial charge in [0.2, 0.25) is 0 Å². The van der Waals surface area contributed by atoms with Gasteiger partial charge in [0.15, 0.2) is 0 Å². The van der Waals surface area contributed by atoms with Gasteiger partial charge >= 0.3 is 0 Å². The van der Waals surface area contributed by atoms with Crippen LogP contribution in [0.4, 0.5) is 0 Å². The van der Waals surface area contributed by atoms with Gasteiger partial charge in [-0.2, -0.15) is 0 Å². The summed E-state index contributed by atoms with van der Waals surface area (Å²) in [6.45, 7) is 4.27. The number of benzene rings is 1. The topological polar surface area (TPSA) is 12.0 Å². The summed E-state index contributed by atoms with van der Waals surface area (Å²) in [5, 5.41) is 3.42. The van der Waals surface area contributed by atoms with Gasteiger partial charge in [-0.25, -0.2) is 0 Å². The molecule has 0 saturated heterocycles. The molecular formula is C13H20ClN. The Morgan fingerprint density at radius 1 is 1.27 bits per heavy atom. The average molecular weight is 226 g/mol. The molecule has 0 saturated carbocycles. The predicted molar refractivity (Wildman–Crippen MR) is 67.5 cm³/mol. The molecule has 0 heterocycles. The van der Waals surface area contributed by atoms with Crippen LogP contribution in [0.5, 0.6) is 0 Å². The molecule has 0 fully saturated rings. The van der Waals surface area contributed by atoms with Gasteiger partial charge in [0.25, 0.3) is 0 Å². The molecule has 84 valence electrons. The first-order chi connectivity index (χ1) is 7.33. The van der Waals surface area contributed by atoms with Gasteiger partial charge in [0.1, 0.15) is 0 Å². The Labute approximate surface area is 97.8 Å². The number of hydrogen-bond acceptors (Lipinski definition) is 1. The fourth-order valence-electron chi connectivity index (χ4n) is 1.47. The highest BCUT2D eigenvalue weighted by molar-refractivity contribution is 6.18. The highest BCUT2D eigenvalue weighted by atomic mass is 35.5. The van der Waals surface area contributed by atoms with E-state index in [9.17, 15) is 0 Å². The molecule has 0 aromatic heterocycles. The van der Waals surface area contributed by atoms with Gasteiger partial charge in [0, 0.05) is 5.88 Å². The molecule has 0 bridgehead atoms. The molecule has 0 radical (unpaired) electrons. The highest BCUT2D eigenvalue weighted by Crippen LogP contribution is 2.01. The number of hydrogen-bond donors (Lipinski definition) is 1. The molecule has 1 atom stereocenters. The van der Waals surface area contributed by atoms with Crippen LogP contribution in [0.2, 0.25) is 0 Å². The lowest BCUT2D eigenvalue weighted by atomic mass is 10.1. The molecule has 1 aromatic rings. The Hall–Kier alpha value is -0.530. The molecule has 1 unspecified atom stereocenters. The van der Waals surface area contributed by atoms with Gasteiger partial charge in [-0.05, 0) is 37.4 Å². The van der Waals surface area contributed by atoms with Crippen molar-refractivity contribution in [3.63, 3.8) is 0 Å². The van der Waals surface area contributed by atoms with Crippen molar-refractivity contribution in [3.05, 3.63) is 35.9 Å². The van der Waals surface area contributed by atoms with Crippen molar-refractivity contribution in [1.29, 1.82) is 0 Å². The van der Waals surface area contributed by atoms with E-state index < -0.39 is 0 Å². The molecular weight excluding hydrogens is 206 g/mol. The van der Waals surface area contributed by atoms with E-state index in [1.807, 2.05) is 0 Å². The van der Waals surface area contributed by atoms with Crippen molar-refractivity contribution in [2.24, 2.45) is 5.92 Å². The van der Waals surface area contributed by atoms with E-state index >= 15 is 0 Å². The molecule has 1 nitrogen and oxygen atoms in total. The Morgan fingerprint density at radius 2 is 2.00 bits per heavy atom. The van der Waals surface area contributed by atoms with Crippen molar-refractivity contribution in [2.45, 2.75) is 19.8 Å². The van der Waals surface area contributed by atoms with E-state index in [1.165, 1.54) is 12.0 Å². The lowest BCUT2D eigenvalue weighted by molar-refractivity contribution is 0.547. The maximum Gasteiger partial charge on any atom is 0.0261 e. The minimum absolute atomic E-state index is 0.573. The summed E-state index contributed by atoms with van der Waals surface area (Å²) in [5.41, 5.74) is 1.42. The Morgan fingerprint density at radius 3 is 2.67 bits per heavy atom. The van der Waals surface area contributed by atoms with Crippen molar-refractivity contribution >= 4 is 11.6 Å². The fourth-order valence-corrected chi connectivity index (χ4v) is 1.57. The van der Waals surface area contributed by atoms with E-state index in [-0.39, 0.29) is 0 Å². The summed E-state index contributed by atoms with van der Waals surface area (Å²) in [5.74, 6) is 1.31. The normalized spacial score (nSPS) is 12.7. The maximum absolute atomic E-state index is 5.72. The standard InChI is InChI=1S/C13H20ClN/c1-12(10-14)11-15-9-5-8-13-6-3-2-4-7-13/h2-4,6-7,12,15H,5,8-11H2,1H3. The number of nitrogens with one attached hydrogen (secondary N) is 1. The van der Waals surface area contributed by atoms with Gasteiger partial charge in [-0.15, -0.1) is 11.6 Å². The van der Waals surface area contributed by atoms with E-state index in [1.54, 1.807) is 0 Å². The zero-order valence-electron chi connectivity index (χ0n) is 9.38. The smallest absolute Gasteiger partial charge is 0.0261 e. The van der Waals surface area contributed by atoms with E-state index in [4.69, 9.17) is 11.6 Å². The first kappa shape index (κ1) is 12.5. The van der Waals surface area contributed by atoms with Crippen molar-refractivity contribution in [2.75, 3.05) is 19.0 Å². The summed E-state index contributed by atoms with van der Waals surface area (Å²) in [4.78, 5) is 0. The molecule has 0 amide bonds. The van der Waals surface area contributed by atoms with Gasteiger partial charge in [-0.1, -0.05) is 37.3 Å². The van der Waals surface area contributed by atoms with Gasteiger partial charge < -0.3 is 5.32 Å². The Kier molecular flexibility index (Phi) is 6.45. The molecule has 15 heavy (non-hydrogen) atoms. The van der Waals surface area contributed by atoms with Crippen molar-refractivity contribution in [3.8, 4) is 0 Å². The maximum atomic E-state index is 5.72. The van der Waals surface area contributed by atoms with Crippen LogP contribution in [-0.2, 0) is 6.42 Å². The molecule has 0 aliphatic rings. The lowest BCUT2D eigenvalue weighted by Gasteiger charge is -2.08. The number of alkyl halides is 1. The molecule has 1 rings (SSSR count). The fraction of sp³-hybridized carbons (Fsp3) is 0.538. The van der Waals surface area contributed by atoms with Crippen LogP contribution in [0.1, 0.15) is 18.9 Å².